The number of amides is 1. The van der Waals surface area contributed by atoms with Gasteiger partial charge in [-0.15, -0.1) is 0 Å². The van der Waals surface area contributed by atoms with Gasteiger partial charge in [0.1, 0.15) is 0 Å². The van der Waals surface area contributed by atoms with Gasteiger partial charge in [-0.25, -0.2) is 0 Å². The molecule has 3 heterocycles. The number of ether oxygens (including phenoxy) is 1. The van der Waals surface area contributed by atoms with Crippen molar-refractivity contribution in [2.24, 2.45) is 0 Å². The van der Waals surface area contributed by atoms with E-state index >= 15 is 0 Å². The van der Waals surface area contributed by atoms with Crippen molar-refractivity contribution in [3.8, 4) is 22.6 Å². The van der Waals surface area contributed by atoms with E-state index in [1.54, 1.807) is 35.4 Å². The third-order valence-corrected chi connectivity index (χ3v) is 9.54. The first-order valence-corrected chi connectivity index (χ1v) is 15.2. The third kappa shape index (κ3) is 5.77. The monoisotopic (exact) mass is 622 g/mol. The van der Waals surface area contributed by atoms with Crippen LogP contribution in [0.25, 0.3) is 16.8 Å². The fraction of sp³-hybridized carbons (Fsp3) is 0.192. The molecule has 0 bridgehead atoms. The Morgan fingerprint density at radius 3 is 2.81 bits per heavy atom. The molecule has 0 spiro atoms. The Bertz CT molecular complexity index is 1430. The van der Waals surface area contributed by atoms with E-state index in [1.807, 2.05) is 25.3 Å². The SMILES string of the molecule is Cc1ccc(NC(=O)c2cccc(C(F)(F)F)c2)cc1-n1cc(-c2cnccc2OI2CCOC2)cn1. The molecule has 1 saturated heterocycles. The maximum absolute atomic E-state index is 13.0. The van der Waals surface area contributed by atoms with Gasteiger partial charge >= 0.3 is 176 Å². The zero-order valence-electron chi connectivity index (χ0n) is 19.6. The van der Waals surface area contributed by atoms with Crippen LogP contribution in [0, 0.1) is 6.92 Å². The summed E-state index contributed by atoms with van der Waals surface area (Å²) in [6.45, 7) is 2.64. The second-order valence-corrected chi connectivity index (χ2v) is 12.7. The standard InChI is InChI=1S/C26H22F3IN4O3/c1-17-5-6-21(33-25(35)18-3-2-4-20(11-18)26(27,28)29)12-23(17)34-15-19(13-32-34)22-14-31-9-7-24(22)37-30-8-10-36-16-30/h2-7,9,11-15H,8,10,16H2,1H3,(H,33,35). The van der Waals surface area contributed by atoms with Crippen LogP contribution in [-0.2, 0) is 10.9 Å². The Morgan fingerprint density at radius 1 is 1.16 bits per heavy atom. The average Bonchev–Trinajstić information content (AvgIpc) is 3.58. The molecule has 0 radical (unpaired) electrons. The van der Waals surface area contributed by atoms with E-state index in [2.05, 4.69) is 15.4 Å². The van der Waals surface area contributed by atoms with Crippen LogP contribution in [0.2, 0.25) is 0 Å². The van der Waals surface area contributed by atoms with Gasteiger partial charge < -0.3 is 0 Å². The zero-order chi connectivity index (χ0) is 26.0. The van der Waals surface area contributed by atoms with Crippen LogP contribution in [0.4, 0.5) is 18.9 Å². The summed E-state index contributed by atoms with van der Waals surface area (Å²) in [7, 11) is 0. The van der Waals surface area contributed by atoms with E-state index in [9.17, 15) is 18.0 Å². The van der Waals surface area contributed by atoms with Gasteiger partial charge in [0, 0.05) is 0 Å². The second-order valence-electron chi connectivity index (χ2n) is 8.27. The second kappa shape index (κ2) is 10.5. The Hall–Kier alpha value is -3.45. The van der Waals surface area contributed by atoms with Crippen LogP contribution < -0.4 is 8.38 Å². The van der Waals surface area contributed by atoms with E-state index in [0.717, 1.165) is 45.6 Å². The first kappa shape index (κ1) is 25.2. The van der Waals surface area contributed by atoms with Crippen LogP contribution in [0.3, 0.4) is 0 Å². The van der Waals surface area contributed by atoms with Crippen molar-refractivity contribution in [2.45, 2.75) is 13.1 Å². The van der Waals surface area contributed by atoms with Crippen LogP contribution >= 0.6 is 20.2 Å². The molecule has 0 atom stereocenters. The van der Waals surface area contributed by atoms with Gasteiger partial charge in [-0.2, -0.15) is 13.2 Å². The van der Waals surface area contributed by atoms with E-state index in [-0.39, 0.29) is 5.56 Å². The number of nitrogens with zero attached hydrogens (tertiary/aromatic N) is 3. The number of carbonyl (C=O) groups excluding carboxylic acids is 1. The summed E-state index contributed by atoms with van der Waals surface area (Å²) in [5.74, 6) is 0.115. The summed E-state index contributed by atoms with van der Waals surface area (Å²) >= 11 is -1.64. The van der Waals surface area contributed by atoms with Crippen LogP contribution in [0.5, 0.6) is 5.75 Å². The van der Waals surface area contributed by atoms with Crippen molar-refractivity contribution in [2.75, 3.05) is 21.0 Å². The van der Waals surface area contributed by atoms with Crippen molar-refractivity contribution in [3.63, 3.8) is 0 Å². The van der Waals surface area contributed by atoms with Crippen molar-refractivity contribution in [3.05, 3.63) is 90.0 Å². The molecule has 1 aliphatic rings. The molecule has 0 aliphatic carbocycles. The molecule has 4 aromatic rings. The Kier molecular flexibility index (Phi) is 7.15. The van der Waals surface area contributed by atoms with E-state index in [0.29, 0.717) is 16.0 Å². The summed E-state index contributed by atoms with van der Waals surface area (Å²) in [5, 5.41) is 7.18. The molecule has 192 valence electrons. The number of nitrogens with one attached hydrogen (secondary N) is 1. The summed E-state index contributed by atoms with van der Waals surface area (Å²) in [5.41, 5.74) is 2.71. The fourth-order valence-electron chi connectivity index (χ4n) is 3.75. The van der Waals surface area contributed by atoms with Gasteiger partial charge in [-0.1, -0.05) is 6.07 Å². The Labute approximate surface area is 218 Å². The molecule has 5 rings (SSSR count). The van der Waals surface area contributed by atoms with Gasteiger partial charge in [-0.3, -0.25) is 0 Å². The minimum absolute atomic E-state index is 0.0842. The van der Waals surface area contributed by atoms with Gasteiger partial charge in [0.05, 0.1) is 5.56 Å². The van der Waals surface area contributed by atoms with Crippen molar-refractivity contribution in [1.82, 2.24) is 14.8 Å². The number of rotatable bonds is 6. The number of benzene rings is 2. The van der Waals surface area contributed by atoms with Gasteiger partial charge in [0.2, 0.25) is 0 Å². The molecule has 2 aromatic carbocycles. The molecule has 1 N–H and O–H groups in total. The van der Waals surface area contributed by atoms with Crippen molar-refractivity contribution < 1.29 is 25.8 Å². The predicted octanol–water partition coefficient (Wildman–Crippen LogP) is 6.30. The number of alkyl halides is 5. The summed E-state index contributed by atoms with van der Waals surface area (Å²) in [4.78, 5) is 16.9. The van der Waals surface area contributed by atoms with Gasteiger partial charge in [-0.05, 0) is 18.2 Å². The van der Waals surface area contributed by atoms with E-state index in [1.165, 1.54) is 12.1 Å². The number of halogens is 4. The summed E-state index contributed by atoms with van der Waals surface area (Å²) in [6, 6.07) is 11.4. The van der Waals surface area contributed by atoms with Gasteiger partial charge in [0.25, 0.3) is 0 Å². The molecule has 11 heteroatoms. The molecule has 0 unspecified atom stereocenters. The average molecular weight is 622 g/mol. The number of aryl methyl sites for hydroxylation is 1. The van der Waals surface area contributed by atoms with Crippen molar-refractivity contribution >= 4 is 31.8 Å². The molecule has 0 saturated carbocycles. The number of hydrogen-bond acceptors (Lipinski definition) is 5. The molecular weight excluding hydrogens is 600 g/mol. The molecule has 37 heavy (non-hydrogen) atoms. The third-order valence-electron chi connectivity index (χ3n) is 5.66. The zero-order valence-corrected chi connectivity index (χ0v) is 21.8. The topological polar surface area (TPSA) is 78.3 Å². The molecular formula is C26H22F3IN4O3. The minimum atomic E-state index is -4.53. The fourth-order valence-corrected chi connectivity index (χ4v) is 7.07. The molecule has 1 fully saturated rings. The predicted molar refractivity (Wildman–Crippen MR) is 141 cm³/mol. The molecule has 7 nitrogen and oxygen atoms in total. The van der Waals surface area contributed by atoms with Crippen LogP contribution in [-0.4, -0.2) is 36.3 Å². The maximum atomic E-state index is 13.0. The van der Waals surface area contributed by atoms with E-state index < -0.39 is 37.9 Å². The quantitative estimate of drug-likeness (QED) is 0.202. The van der Waals surface area contributed by atoms with Crippen LogP contribution in [0.15, 0.2) is 73.3 Å². The number of anilines is 1. The first-order chi connectivity index (χ1) is 17.8. The number of aromatic nitrogens is 3. The summed E-state index contributed by atoms with van der Waals surface area (Å²) < 4.78 is 54.2. The van der Waals surface area contributed by atoms with Crippen LogP contribution in [0.1, 0.15) is 21.5 Å². The Balaban J connectivity index is 1.38. The normalized spacial score (nSPS) is 14.5. The number of hydrogen-bond donors (Lipinski definition) is 1. The first-order valence-electron chi connectivity index (χ1n) is 11.2. The number of pyridine rings is 1. The molecule has 2 aromatic heterocycles. The molecule has 1 amide bonds. The van der Waals surface area contributed by atoms with Crippen molar-refractivity contribution in [1.29, 1.82) is 0 Å². The summed E-state index contributed by atoms with van der Waals surface area (Å²) in [6.07, 6.45) is 2.46. The molecule has 1 aliphatic heterocycles. The number of carbonyl (C=O) groups is 1. The van der Waals surface area contributed by atoms with E-state index in [4.69, 9.17) is 7.80 Å². The van der Waals surface area contributed by atoms with Gasteiger partial charge in [0.15, 0.2) is 0 Å². The Morgan fingerprint density at radius 2 is 2.03 bits per heavy atom.